The molecule has 0 nitrogen and oxygen atoms in total. The lowest BCUT2D eigenvalue weighted by atomic mass is 9.72. The molecular formula is C33H24F6. The van der Waals surface area contributed by atoms with Crippen LogP contribution in [0.3, 0.4) is 0 Å². The number of hydrogen-bond acceptors (Lipinski definition) is 0. The van der Waals surface area contributed by atoms with Crippen molar-refractivity contribution in [2.24, 2.45) is 5.41 Å². The average Bonchev–Trinajstić information content (AvgIpc) is 3.15. The first kappa shape index (κ1) is 26.5. The lowest BCUT2D eigenvalue weighted by molar-refractivity contribution is -0.138. The van der Waals surface area contributed by atoms with E-state index < -0.39 is 28.9 Å². The topological polar surface area (TPSA) is 0 Å². The average molecular weight is 535 g/mol. The fourth-order valence-corrected chi connectivity index (χ4v) is 5.63. The molecule has 39 heavy (non-hydrogen) atoms. The molecule has 0 amide bonds. The third-order valence-corrected chi connectivity index (χ3v) is 7.13. The molecule has 5 rings (SSSR count). The standard InChI is InChI=1S/C33H24F6/c1-31(2)29(23-17-9-11-19-25(23)32(34,35)36)27(21-13-5-3-6-14-21)28(22-15-7-4-8-16-22)30(31)24-18-10-12-20-26(24)33(37,38)39/h3-20H,1-2H3. The third kappa shape index (κ3) is 4.69. The highest BCUT2D eigenvalue weighted by atomic mass is 19.4. The van der Waals surface area contributed by atoms with Gasteiger partial charge in [0.2, 0.25) is 0 Å². The molecule has 1 aliphatic rings. The van der Waals surface area contributed by atoms with Crippen molar-refractivity contribution >= 4 is 22.3 Å². The third-order valence-electron chi connectivity index (χ3n) is 7.13. The molecule has 0 aliphatic heterocycles. The molecule has 0 fully saturated rings. The number of rotatable bonds is 4. The Morgan fingerprint density at radius 3 is 1.08 bits per heavy atom. The quantitative estimate of drug-likeness (QED) is 0.229. The second kappa shape index (κ2) is 9.60. The predicted molar refractivity (Wildman–Crippen MR) is 143 cm³/mol. The van der Waals surface area contributed by atoms with E-state index in [9.17, 15) is 26.3 Å². The van der Waals surface area contributed by atoms with E-state index in [1.807, 2.05) is 0 Å². The van der Waals surface area contributed by atoms with Gasteiger partial charge >= 0.3 is 12.4 Å². The van der Waals surface area contributed by atoms with Crippen LogP contribution >= 0.6 is 0 Å². The van der Waals surface area contributed by atoms with Crippen LogP contribution < -0.4 is 0 Å². The SMILES string of the molecule is CC1(C)C(c2ccccc2C(F)(F)F)=C(c2ccccc2)C(c2ccccc2)=C1c1ccccc1C(F)(F)F. The van der Waals surface area contributed by atoms with Gasteiger partial charge in [0.25, 0.3) is 0 Å². The molecule has 1 aliphatic carbocycles. The van der Waals surface area contributed by atoms with Crippen LogP contribution in [0.15, 0.2) is 109 Å². The van der Waals surface area contributed by atoms with E-state index in [-0.39, 0.29) is 11.1 Å². The Kier molecular flexibility index (Phi) is 6.53. The lowest BCUT2D eigenvalue weighted by Gasteiger charge is -2.31. The van der Waals surface area contributed by atoms with Gasteiger partial charge in [0, 0.05) is 5.41 Å². The number of halogens is 6. The molecule has 0 N–H and O–H groups in total. The highest BCUT2D eigenvalue weighted by Crippen LogP contribution is 2.62. The van der Waals surface area contributed by atoms with Crippen molar-refractivity contribution in [2.75, 3.05) is 0 Å². The molecule has 0 saturated carbocycles. The van der Waals surface area contributed by atoms with E-state index >= 15 is 0 Å². The van der Waals surface area contributed by atoms with Crippen LogP contribution in [0, 0.1) is 5.41 Å². The number of benzene rings is 4. The summed E-state index contributed by atoms with van der Waals surface area (Å²) in [4.78, 5) is 0. The van der Waals surface area contributed by atoms with Gasteiger partial charge in [-0.15, -0.1) is 0 Å². The maximum atomic E-state index is 14.4. The predicted octanol–water partition coefficient (Wildman–Crippen LogP) is 10.3. The van der Waals surface area contributed by atoms with Gasteiger partial charge in [-0.3, -0.25) is 0 Å². The Hall–Kier alpha value is -4.06. The Morgan fingerprint density at radius 1 is 0.436 bits per heavy atom. The Labute approximate surface area is 222 Å². The molecule has 0 saturated heterocycles. The van der Waals surface area contributed by atoms with Crippen molar-refractivity contribution in [3.05, 3.63) is 143 Å². The highest BCUT2D eigenvalue weighted by molar-refractivity contribution is 6.29. The summed E-state index contributed by atoms with van der Waals surface area (Å²) in [5, 5.41) is 0. The summed E-state index contributed by atoms with van der Waals surface area (Å²) >= 11 is 0. The first-order valence-electron chi connectivity index (χ1n) is 12.4. The van der Waals surface area contributed by atoms with Crippen LogP contribution in [0.1, 0.15) is 47.2 Å². The molecule has 0 spiro atoms. The van der Waals surface area contributed by atoms with E-state index in [2.05, 4.69) is 0 Å². The molecule has 0 bridgehead atoms. The van der Waals surface area contributed by atoms with E-state index in [0.717, 1.165) is 12.1 Å². The normalized spacial score (nSPS) is 15.7. The van der Waals surface area contributed by atoms with Gasteiger partial charge in [-0.2, -0.15) is 26.3 Å². The van der Waals surface area contributed by atoms with E-state index in [1.54, 1.807) is 74.5 Å². The molecule has 4 aromatic rings. The maximum Gasteiger partial charge on any atom is 0.416 e. The Balaban J connectivity index is 1.98. The van der Waals surface area contributed by atoms with Gasteiger partial charge < -0.3 is 0 Å². The van der Waals surface area contributed by atoms with Crippen LogP contribution in [0.2, 0.25) is 0 Å². The van der Waals surface area contributed by atoms with Crippen LogP contribution in [0.25, 0.3) is 22.3 Å². The summed E-state index contributed by atoms with van der Waals surface area (Å²) in [7, 11) is 0. The summed E-state index contributed by atoms with van der Waals surface area (Å²) in [6, 6.07) is 28.3. The molecule has 0 heterocycles. The fraction of sp³-hybridized carbons (Fsp3) is 0.152. The number of allylic oxidation sites excluding steroid dienone is 4. The second-order valence-electron chi connectivity index (χ2n) is 9.94. The van der Waals surface area contributed by atoms with Crippen molar-refractivity contribution in [1.82, 2.24) is 0 Å². The summed E-state index contributed by atoms with van der Waals surface area (Å²) < 4.78 is 86.2. The minimum absolute atomic E-state index is 0.0539. The zero-order valence-electron chi connectivity index (χ0n) is 21.2. The monoisotopic (exact) mass is 534 g/mol. The lowest BCUT2D eigenvalue weighted by Crippen LogP contribution is -2.19. The first-order valence-corrected chi connectivity index (χ1v) is 12.4. The summed E-state index contributed by atoms with van der Waals surface area (Å²) in [6.07, 6.45) is -9.33. The minimum atomic E-state index is -4.67. The van der Waals surface area contributed by atoms with Gasteiger partial charge in [0.15, 0.2) is 0 Å². The van der Waals surface area contributed by atoms with Crippen molar-refractivity contribution in [3.63, 3.8) is 0 Å². The maximum absolute atomic E-state index is 14.4. The Bertz CT molecular complexity index is 1450. The van der Waals surface area contributed by atoms with Crippen LogP contribution in [0.5, 0.6) is 0 Å². The van der Waals surface area contributed by atoms with Gasteiger partial charge in [-0.05, 0) is 56.7 Å². The molecule has 198 valence electrons. The van der Waals surface area contributed by atoms with Gasteiger partial charge in [0.05, 0.1) is 11.1 Å². The van der Waals surface area contributed by atoms with E-state index in [4.69, 9.17) is 0 Å². The van der Waals surface area contributed by atoms with Gasteiger partial charge in [-0.25, -0.2) is 0 Å². The Morgan fingerprint density at radius 2 is 0.744 bits per heavy atom. The first-order chi connectivity index (χ1) is 18.4. The van der Waals surface area contributed by atoms with Crippen LogP contribution in [-0.4, -0.2) is 0 Å². The van der Waals surface area contributed by atoms with Crippen LogP contribution in [0.4, 0.5) is 26.3 Å². The number of hydrogen-bond donors (Lipinski definition) is 0. The molecule has 0 radical (unpaired) electrons. The molecule has 0 atom stereocenters. The fourth-order valence-electron chi connectivity index (χ4n) is 5.63. The van der Waals surface area contributed by atoms with Crippen molar-refractivity contribution in [2.45, 2.75) is 26.2 Å². The highest BCUT2D eigenvalue weighted by Gasteiger charge is 2.47. The largest absolute Gasteiger partial charge is 0.416 e. The number of alkyl halides is 6. The van der Waals surface area contributed by atoms with E-state index in [0.29, 0.717) is 33.4 Å². The molecule has 0 aromatic heterocycles. The summed E-state index contributed by atoms with van der Waals surface area (Å²) in [5.41, 5.74) is -0.154. The molecule has 0 unspecified atom stereocenters. The smallest absolute Gasteiger partial charge is 0.166 e. The van der Waals surface area contributed by atoms with Gasteiger partial charge in [-0.1, -0.05) is 111 Å². The molecule has 6 heteroatoms. The second-order valence-corrected chi connectivity index (χ2v) is 9.94. The van der Waals surface area contributed by atoms with Crippen molar-refractivity contribution < 1.29 is 26.3 Å². The van der Waals surface area contributed by atoms with Crippen molar-refractivity contribution in [1.29, 1.82) is 0 Å². The van der Waals surface area contributed by atoms with Crippen LogP contribution in [-0.2, 0) is 12.4 Å². The van der Waals surface area contributed by atoms with E-state index in [1.165, 1.54) is 36.4 Å². The molecular weight excluding hydrogens is 510 g/mol. The summed E-state index contributed by atoms with van der Waals surface area (Å²) in [5.74, 6) is 0. The minimum Gasteiger partial charge on any atom is -0.166 e. The molecule has 4 aromatic carbocycles. The summed E-state index contributed by atoms with van der Waals surface area (Å²) in [6.45, 7) is 3.41. The van der Waals surface area contributed by atoms with Crippen molar-refractivity contribution in [3.8, 4) is 0 Å². The van der Waals surface area contributed by atoms with Gasteiger partial charge in [0.1, 0.15) is 0 Å². The zero-order chi connectivity index (χ0) is 28.0. The zero-order valence-corrected chi connectivity index (χ0v) is 21.2.